The highest BCUT2D eigenvalue weighted by Crippen LogP contribution is 2.40. The average molecular weight is 455 g/mol. The molecule has 0 atom stereocenters. The fourth-order valence-electron chi connectivity index (χ4n) is 5.40. The Kier molecular flexibility index (Phi) is 6.49. The van der Waals surface area contributed by atoms with Crippen molar-refractivity contribution in [3.05, 3.63) is 42.1 Å². The molecule has 0 bridgehead atoms. The van der Waals surface area contributed by atoms with E-state index in [4.69, 9.17) is 4.98 Å². The number of sulfonamides is 1. The summed E-state index contributed by atoms with van der Waals surface area (Å²) < 4.78 is 28.1. The van der Waals surface area contributed by atoms with Crippen LogP contribution in [0.5, 0.6) is 0 Å². The van der Waals surface area contributed by atoms with E-state index in [1.165, 1.54) is 31.2 Å². The monoisotopic (exact) mass is 454 g/mol. The van der Waals surface area contributed by atoms with Crippen molar-refractivity contribution < 1.29 is 8.42 Å². The number of rotatable bonds is 5. The molecule has 2 aromatic rings. The molecule has 2 aliphatic heterocycles. The SMILES string of the molecule is O=S(=O)(c1cccc(-c2cnc(N3CCNCC3)c(C3CCCC3)c2)c1)N1CCCCC1. The van der Waals surface area contributed by atoms with Gasteiger partial charge in [-0.25, -0.2) is 13.4 Å². The van der Waals surface area contributed by atoms with Gasteiger partial charge < -0.3 is 10.2 Å². The number of piperidine rings is 1. The van der Waals surface area contributed by atoms with Crippen LogP contribution in [0.2, 0.25) is 0 Å². The Labute approximate surface area is 192 Å². The van der Waals surface area contributed by atoms with Crippen LogP contribution in [-0.4, -0.2) is 57.0 Å². The highest BCUT2D eigenvalue weighted by Gasteiger charge is 2.27. The summed E-state index contributed by atoms with van der Waals surface area (Å²) in [7, 11) is -3.45. The zero-order valence-corrected chi connectivity index (χ0v) is 19.6. The molecule has 0 radical (unpaired) electrons. The number of hydrogen-bond acceptors (Lipinski definition) is 5. The van der Waals surface area contributed by atoms with Crippen LogP contribution in [-0.2, 0) is 10.0 Å². The predicted molar refractivity (Wildman–Crippen MR) is 129 cm³/mol. The van der Waals surface area contributed by atoms with Crippen LogP contribution >= 0.6 is 0 Å². The highest BCUT2D eigenvalue weighted by molar-refractivity contribution is 7.89. The lowest BCUT2D eigenvalue weighted by Crippen LogP contribution is -2.44. The van der Waals surface area contributed by atoms with Crippen LogP contribution in [0.1, 0.15) is 56.4 Å². The van der Waals surface area contributed by atoms with Gasteiger partial charge >= 0.3 is 0 Å². The Balaban J connectivity index is 1.49. The lowest BCUT2D eigenvalue weighted by molar-refractivity contribution is 0.346. The van der Waals surface area contributed by atoms with E-state index in [1.54, 1.807) is 10.4 Å². The number of hydrogen-bond donors (Lipinski definition) is 1. The van der Waals surface area contributed by atoms with Crippen molar-refractivity contribution in [2.24, 2.45) is 0 Å². The summed E-state index contributed by atoms with van der Waals surface area (Å²) in [5.74, 6) is 1.67. The smallest absolute Gasteiger partial charge is 0.243 e. The minimum absolute atomic E-state index is 0.394. The predicted octanol–water partition coefficient (Wildman–Crippen LogP) is 3.99. The number of nitrogens with zero attached hydrogens (tertiary/aromatic N) is 3. The summed E-state index contributed by atoms with van der Waals surface area (Å²) in [5.41, 5.74) is 3.29. The van der Waals surface area contributed by atoms with Crippen LogP contribution in [0.25, 0.3) is 11.1 Å². The molecule has 1 saturated carbocycles. The van der Waals surface area contributed by atoms with E-state index < -0.39 is 10.0 Å². The second-order valence-electron chi connectivity index (χ2n) is 9.35. The molecule has 6 nitrogen and oxygen atoms in total. The molecule has 3 aliphatic rings. The van der Waals surface area contributed by atoms with Crippen molar-refractivity contribution in [2.75, 3.05) is 44.2 Å². The van der Waals surface area contributed by atoms with E-state index in [2.05, 4.69) is 16.3 Å². The van der Waals surface area contributed by atoms with Crippen molar-refractivity contribution in [2.45, 2.75) is 55.8 Å². The van der Waals surface area contributed by atoms with Crippen molar-refractivity contribution in [1.82, 2.24) is 14.6 Å². The Morgan fingerprint density at radius 3 is 2.38 bits per heavy atom. The summed E-state index contributed by atoms with van der Waals surface area (Å²) in [5, 5.41) is 3.43. The molecular formula is C25H34N4O2S. The summed E-state index contributed by atoms with van der Waals surface area (Å²) >= 11 is 0. The summed E-state index contributed by atoms with van der Waals surface area (Å²) in [6, 6.07) is 9.73. The van der Waals surface area contributed by atoms with E-state index >= 15 is 0 Å². The molecule has 7 heteroatoms. The molecule has 0 amide bonds. The molecule has 1 aliphatic carbocycles. The van der Waals surface area contributed by atoms with Gasteiger partial charge in [-0.1, -0.05) is 31.4 Å². The molecule has 32 heavy (non-hydrogen) atoms. The van der Waals surface area contributed by atoms with Gasteiger partial charge in [0.1, 0.15) is 5.82 Å². The standard InChI is InChI=1S/C25H34N4O2S/c30-32(31,29-13-4-1-5-14-29)23-10-6-9-21(17-23)22-18-24(20-7-2-3-8-20)25(27-19-22)28-15-11-26-12-16-28/h6,9-10,17-20,26H,1-5,7-8,11-16H2. The van der Waals surface area contributed by atoms with Gasteiger partial charge in [-0.3, -0.25) is 0 Å². The molecular weight excluding hydrogens is 420 g/mol. The van der Waals surface area contributed by atoms with Crippen LogP contribution in [0.4, 0.5) is 5.82 Å². The molecule has 0 unspecified atom stereocenters. The molecule has 1 aromatic carbocycles. The second kappa shape index (κ2) is 9.49. The second-order valence-corrected chi connectivity index (χ2v) is 11.3. The van der Waals surface area contributed by atoms with Crippen LogP contribution in [0, 0.1) is 0 Å². The van der Waals surface area contributed by atoms with Gasteiger partial charge in [0, 0.05) is 51.0 Å². The fourth-order valence-corrected chi connectivity index (χ4v) is 6.96. The number of anilines is 1. The number of benzene rings is 1. The van der Waals surface area contributed by atoms with Gasteiger partial charge in [0.15, 0.2) is 0 Å². The quantitative estimate of drug-likeness (QED) is 0.740. The maximum atomic E-state index is 13.2. The molecule has 2 saturated heterocycles. The highest BCUT2D eigenvalue weighted by atomic mass is 32.2. The van der Waals surface area contributed by atoms with E-state index in [9.17, 15) is 8.42 Å². The molecule has 0 spiro atoms. The first kappa shape index (κ1) is 21.9. The molecule has 172 valence electrons. The third-order valence-corrected chi connectivity index (χ3v) is 9.12. The normalized spacial score (nSPS) is 21.2. The van der Waals surface area contributed by atoms with Gasteiger partial charge in [0.05, 0.1) is 4.90 Å². The first-order valence-corrected chi connectivity index (χ1v) is 13.6. The maximum absolute atomic E-state index is 13.2. The van der Waals surface area contributed by atoms with E-state index in [1.807, 2.05) is 24.4 Å². The molecule has 5 rings (SSSR count). The summed E-state index contributed by atoms with van der Waals surface area (Å²) in [4.78, 5) is 7.75. The van der Waals surface area contributed by atoms with E-state index in [0.717, 1.165) is 62.4 Å². The number of nitrogens with one attached hydrogen (secondary N) is 1. The Hall–Kier alpha value is -1.96. The summed E-state index contributed by atoms with van der Waals surface area (Å²) in [6.45, 7) is 5.19. The first-order valence-electron chi connectivity index (χ1n) is 12.2. The zero-order valence-electron chi connectivity index (χ0n) is 18.8. The van der Waals surface area contributed by atoms with Crippen molar-refractivity contribution >= 4 is 15.8 Å². The van der Waals surface area contributed by atoms with Crippen LogP contribution < -0.4 is 10.2 Å². The molecule has 3 fully saturated rings. The average Bonchev–Trinajstić information content (AvgIpc) is 3.40. The summed E-state index contributed by atoms with van der Waals surface area (Å²) in [6.07, 6.45) is 9.92. The maximum Gasteiger partial charge on any atom is 0.243 e. The zero-order chi connectivity index (χ0) is 22.0. The van der Waals surface area contributed by atoms with E-state index in [0.29, 0.717) is 23.9 Å². The minimum Gasteiger partial charge on any atom is -0.354 e. The Morgan fingerprint density at radius 1 is 0.875 bits per heavy atom. The molecule has 1 aromatic heterocycles. The Morgan fingerprint density at radius 2 is 1.62 bits per heavy atom. The van der Waals surface area contributed by atoms with Gasteiger partial charge in [-0.2, -0.15) is 4.31 Å². The van der Waals surface area contributed by atoms with E-state index in [-0.39, 0.29) is 0 Å². The van der Waals surface area contributed by atoms with Crippen LogP contribution in [0.15, 0.2) is 41.4 Å². The van der Waals surface area contributed by atoms with Gasteiger partial charge in [-0.15, -0.1) is 0 Å². The molecule has 3 heterocycles. The van der Waals surface area contributed by atoms with Gasteiger partial charge in [-0.05, 0) is 60.9 Å². The molecule has 1 N–H and O–H groups in total. The number of piperazine rings is 1. The largest absolute Gasteiger partial charge is 0.354 e. The van der Waals surface area contributed by atoms with Crippen LogP contribution in [0.3, 0.4) is 0 Å². The van der Waals surface area contributed by atoms with Crippen molar-refractivity contribution in [3.63, 3.8) is 0 Å². The number of pyridine rings is 1. The third-order valence-electron chi connectivity index (χ3n) is 7.23. The Bertz CT molecular complexity index is 1040. The number of aromatic nitrogens is 1. The van der Waals surface area contributed by atoms with Crippen molar-refractivity contribution in [3.8, 4) is 11.1 Å². The third kappa shape index (κ3) is 4.43. The topological polar surface area (TPSA) is 65.5 Å². The van der Waals surface area contributed by atoms with Gasteiger partial charge in [0.2, 0.25) is 10.0 Å². The minimum atomic E-state index is -3.45. The van der Waals surface area contributed by atoms with Crippen molar-refractivity contribution in [1.29, 1.82) is 0 Å². The lowest BCUT2D eigenvalue weighted by atomic mass is 9.94. The first-order chi connectivity index (χ1) is 15.6. The fraction of sp³-hybridized carbons (Fsp3) is 0.560. The lowest BCUT2D eigenvalue weighted by Gasteiger charge is -2.31. The van der Waals surface area contributed by atoms with Gasteiger partial charge in [0.25, 0.3) is 0 Å².